The van der Waals surface area contributed by atoms with Crippen molar-refractivity contribution < 1.29 is 14.3 Å². The SMILES string of the molecule is CCC(CC)CC(=O)OCCOC. The molecule has 0 amide bonds. The molecule has 0 aliphatic heterocycles. The maximum Gasteiger partial charge on any atom is 0.306 e. The molecular formula is C10H20O3. The van der Waals surface area contributed by atoms with Crippen molar-refractivity contribution in [3.8, 4) is 0 Å². The zero-order chi connectivity index (χ0) is 10.1. The van der Waals surface area contributed by atoms with E-state index in [1.54, 1.807) is 7.11 Å². The highest BCUT2D eigenvalue weighted by molar-refractivity contribution is 5.69. The first-order valence-electron chi connectivity index (χ1n) is 4.89. The van der Waals surface area contributed by atoms with Crippen molar-refractivity contribution in [2.45, 2.75) is 33.1 Å². The van der Waals surface area contributed by atoms with Crippen molar-refractivity contribution in [3.63, 3.8) is 0 Å². The molecule has 0 radical (unpaired) electrons. The summed E-state index contributed by atoms with van der Waals surface area (Å²) in [4.78, 5) is 11.2. The molecule has 0 aliphatic carbocycles. The van der Waals surface area contributed by atoms with Crippen LogP contribution in [0.15, 0.2) is 0 Å². The number of rotatable bonds is 7. The second kappa shape index (κ2) is 8.05. The van der Waals surface area contributed by atoms with Crippen LogP contribution in [0.25, 0.3) is 0 Å². The highest BCUT2D eigenvalue weighted by Crippen LogP contribution is 2.12. The normalized spacial score (nSPS) is 10.5. The van der Waals surface area contributed by atoms with Gasteiger partial charge in [0, 0.05) is 13.5 Å². The highest BCUT2D eigenvalue weighted by Gasteiger charge is 2.10. The molecular weight excluding hydrogens is 168 g/mol. The van der Waals surface area contributed by atoms with Gasteiger partial charge in [0.25, 0.3) is 0 Å². The van der Waals surface area contributed by atoms with E-state index < -0.39 is 0 Å². The lowest BCUT2D eigenvalue weighted by Crippen LogP contribution is -2.13. The Balaban J connectivity index is 3.48. The van der Waals surface area contributed by atoms with Crippen molar-refractivity contribution in [1.82, 2.24) is 0 Å². The van der Waals surface area contributed by atoms with Crippen molar-refractivity contribution in [2.24, 2.45) is 5.92 Å². The first-order valence-corrected chi connectivity index (χ1v) is 4.89. The third kappa shape index (κ3) is 6.58. The van der Waals surface area contributed by atoms with E-state index in [4.69, 9.17) is 9.47 Å². The van der Waals surface area contributed by atoms with E-state index in [0.29, 0.717) is 25.6 Å². The van der Waals surface area contributed by atoms with Crippen LogP contribution in [0.4, 0.5) is 0 Å². The summed E-state index contributed by atoms with van der Waals surface area (Å²) in [6.45, 7) is 5.04. The Hall–Kier alpha value is -0.570. The number of esters is 1. The number of carbonyl (C=O) groups excluding carboxylic acids is 1. The molecule has 0 unspecified atom stereocenters. The minimum absolute atomic E-state index is 0.106. The third-order valence-electron chi connectivity index (χ3n) is 2.16. The van der Waals surface area contributed by atoms with E-state index in [9.17, 15) is 4.79 Å². The van der Waals surface area contributed by atoms with E-state index >= 15 is 0 Å². The van der Waals surface area contributed by atoms with Gasteiger partial charge in [-0.2, -0.15) is 0 Å². The summed E-state index contributed by atoms with van der Waals surface area (Å²) in [7, 11) is 1.59. The van der Waals surface area contributed by atoms with Crippen molar-refractivity contribution in [1.29, 1.82) is 0 Å². The molecule has 0 fully saturated rings. The molecule has 3 nitrogen and oxygen atoms in total. The van der Waals surface area contributed by atoms with Crippen LogP contribution < -0.4 is 0 Å². The molecule has 0 saturated carbocycles. The Bertz CT molecular complexity index is 130. The van der Waals surface area contributed by atoms with Crippen LogP contribution in [0, 0.1) is 5.92 Å². The van der Waals surface area contributed by atoms with Gasteiger partial charge in [0.15, 0.2) is 0 Å². The Morgan fingerprint density at radius 1 is 1.23 bits per heavy atom. The molecule has 0 bridgehead atoms. The van der Waals surface area contributed by atoms with Gasteiger partial charge in [-0.05, 0) is 5.92 Å². The van der Waals surface area contributed by atoms with E-state index in [-0.39, 0.29) is 5.97 Å². The summed E-state index contributed by atoms with van der Waals surface area (Å²) in [5.41, 5.74) is 0. The van der Waals surface area contributed by atoms with Crippen LogP contribution in [0.1, 0.15) is 33.1 Å². The fourth-order valence-electron chi connectivity index (χ4n) is 1.11. The van der Waals surface area contributed by atoms with Crippen LogP contribution in [0.3, 0.4) is 0 Å². The molecule has 0 aliphatic rings. The second-order valence-corrected chi connectivity index (χ2v) is 3.10. The van der Waals surface area contributed by atoms with Gasteiger partial charge < -0.3 is 9.47 Å². The fraction of sp³-hybridized carbons (Fsp3) is 0.900. The first kappa shape index (κ1) is 12.4. The fourth-order valence-corrected chi connectivity index (χ4v) is 1.11. The minimum atomic E-state index is -0.106. The van der Waals surface area contributed by atoms with Gasteiger partial charge in [-0.25, -0.2) is 0 Å². The first-order chi connectivity index (χ1) is 6.24. The summed E-state index contributed by atoms with van der Waals surface area (Å²) in [6, 6.07) is 0. The maximum absolute atomic E-state index is 11.2. The smallest absolute Gasteiger partial charge is 0.306 e. The molecule has 0 saturated heterocycles. The third-order valence-corrected chi connectivity index (χ3v) is 2.16. The summed E-state index contributed by atoms with van der Waals surface area (Å²) in [6.07, 6.45) is 2.61. The number of ether oxygens (including phenoxy) is 2. The largest absolute Gasteiger partial charge is 0.463 e. The highest BCUT2D eigenvalue weighted by atomic mass is 16.6. The molecule has 0 N–H and O–H groups in total. The van der Waals surface area contributed by atoms with Gasteiger partial charge in [-0.15, -0.1) is 0 Å². The maximum atomic E-state index is 11.2. The van der Waals surface area contributed by atoms with Crippen molar-refractivity contribution >= 4 is 5.97 Å². The Morgan fingerprint density at radius 3 is 2.31 bits per heavy atom. The lowest BCUT2D eigenvalue weighted by atomic mass is 10.00. The van der Waals surface area contributed by atoms with E-state index in [2.05, 4.69) is 13.8 Å². The topological polar surface area (TPSA) is 35.5 Å². The predicted octanol–water partition coefficient (Wildman–Crippen LogP) is 2.00. The average Bonchev–Trinajstić information content (AvgIpc) is 2.14. The van der Waals surface area contributed by atoms with Crippen molar-refractivity contribution in [3.05, 3.63) is 0 Å². The lowest BCUT2D eigenvalue weighted by molar-refractivity contribution is -0.146. The molecule has 0 heterocycles. The van der Waals surface area contributed by atoms with Crippen molar-refractivity contribution in [2.75, 3.05) is 20.3 Å². The average molecular weight is 188 g/mol. The molecule has 0 atom stereocenters. The monoisotopic (exact) mass is 188 g/mol. The molecule has 0 rings (SSSR count). The summed E-state index contributed by atoms with van der Waals surface area (Å²) < 4.78 is 9.73. The summed E-state index contributed by atoms with van der Waals surface area (Å²) in [5, 5.41) is 0. The summed E-state index contributed by atoms with van der Waals surface area (Å²) >= 11 is 0. The predicted molar refractivity (Wildman–Crippen MR) is 51.5 cm³/mol. The molecule has 3 heteroatoms. The van der Waals surface area contributed by atoms with Crippen LogP contribution in [0.2, 0.25) is 0 Å². The van der Waals surface area contributed by atoms with E-state index in [0.717, 1.165) is 12.8 Å². The number of hydrogen-bond acceptors (Lipinski definition) is 3. The number of carbonyl (C=O) groups is 1. The van der Waals surface area contributed by atoms with E-state index in [1.807, 2.05) is 0 Å². The van der Waals surface area contributed by atoms with Gasteiger partial charge in [0.1, 0.15) is 6.61 Å². The molecule has 0 aromatic heterocycles. The molecule has 13 heavy (non-hydrogen) atoms. The van der Waals surface area contributed by atoms with Gasteiger partial charge in [0.2, 0.25) is 0 Å². The van der Waals surface area contributed by atoms with Gasteiger partial charge >= 0.3 is 5.97 Å². The standard InChI is InChI=1S/C10H20O3/c1-4-9(5-2)8-10(11)13-7-6-12-3/h9H,4-8H2,1-3H3. The quantitative estimate of drug-likeness (QED) is 0.453. The molecule has 78 valence electrons. The Labute approximate surface area is 80.4 Å². The second-order valence-electron chi connectivity index (χ2n) is 3.10. The minimum Gasteiger partial charge on any atom is -0.463 e. The lowest BCUT2D eigenvalue weighted by Gasteiger charge is -2.10. The number of hydrogen-bond donors (Lipinski definition) is 0. The van der Waals surface area contributed by atoms with Crippen LogP contribution in [-0.2, 0) is 14.3 Å². The Morgan fingerprint density at radius 2 is 1.85 bits per heavy atom. The summed E-state index contributed by atoms with van der Waals surface area (Å²) in [5.74, 6) is 0.362. The molecule has 0 aromatic rings. The molecule has 0 spiro atoms. The zero-order valence-corrected chi connectivity index (χ0v) is 8.84. The van der Waals surface area contributed by atoms with Crippen LogP contribution in [0.5, 0.6) is 0 Å². The van der Waals surface area contributed by atoms with Gasteiger partial charge in [-0.1, -0.05) is 26.7 Å². The zero-order valence-electron chi connectivity index (χ0n) is 8.84. The van der Waals surface area contributed by atoms with Crippen LogP contribution >= 0.6 is 0 Å². The number of methoxy groups -OCH3 is 1. The molecule has 0 aromatic carbocycles. The van der Waals surface area contributed by atoms with Gasteiger partial charge in [-0.3, -0.25) is 4.79 Å². The Kier molecular flexibility index (Phi) is 7.69. The van der Waals surface area contributed by atoms with Gasteiger partial charge in [0.05, 0.1) is 6.61 Å². The van der Waals surface area contributed by atoms with E-state index in [1.165, 1.54) is 0 Å². The van der Waals surface area contributed by atoms with Crippen LogP contribution in [-0.4, -0.2) is 26.3 Å².